The Morgan fingerprint density at radius 2 is 1.96 bits per heavy atom. The monoisotopic (exact) mass is 303 g/mol. The smallest absolute Gasteiger partial charge is 0.0523 e. The van der Waals surface area contributed by atoms with E-state index in [9.17, 15) is 0 Å². The number of aryl methyl sites for hydroxylation is 2. The van der Waals surface area contributed by atoms with Crippen molar-refractivity contribution < 1.29 is 0 Å². The van der Waals surface area contributed by atoms with Crippen LogP contribution in [0.2, 0.25) is 0 Å². The lowest BCUT2D eigenvalue weighted by Crippen LogP contribution is -2.40. The molecule has 0 aliphatic carbocycles. The summed E-state index contributed by atoms with van der Waals surface area (Å²) in [7, 11) is 2.21. The van der Waals surface area contributed by atoms with Gasteiger partial charge < -0.3 is 9.88 Å². The highest BCUT2D eigenvalue weighted by Crippen LogP contribution is 2.43. The van der Waals surface area contributed by atoms with Gasteiger partial charge in [-0.1, -0.05) is 25.1 Å². The molecule has 0 amide bonds. The third-order valence-electron chi connectivity index (χ3n) is 5.75. The van der Waals surface area contributed by atoms with Crippen LogP contribution in [0.1, 0.15) is 47.0 Å². The fourth-order valence-electron chi connectivity index (χ4n) is 4.70. The molecule has 3 heteroatoms. The molecule has 0 unspecified atom stereocenters. The van der Waals surface area contributed by atoms with Crippen molar-refractivity contribution in [3.8, 4) is 0 Å². The molecule has 1 aromatic carbocycles. The first-order valence-corrected chi connectivity index (χ1v) is 8.55. The summed E-state index contributed by atoms with van der Waals surface area (Å²) < 4.78 is 2.40. The minimum atomic E-state index is 0.404. The van der Waals surface area contributed by atoms with Gasteiger partial charge in [-0.15, -0.1) is 0 Å². The Hall–Kier alpha value is -2.13. The van der Waals surface area contributed by atoms with Gasteiger partial charge in [-0.2, -0.15) is 0 Å². The first kappa shape index (κ1) is 13.3. The second-order valence-electron chi connectivity index (χ2n) is 6.84. The van der Waals surface area contributed by atoms with Gasteiger partial charge in [0.05, 0.1) is 6.04 Å². The highest BCUT2D eigenvalue weighted by atomic mass is 15.1. The minimum absolute atomic E-state index is 0.404. The van der Waals surface area contributed by atoms with Gasteiger partial charge in [-0.3, -0.25) is 4.98 Å². The van der Waals surface area contributed by atoms with Crippen molar-refractivity contribution in [2.75, 3.05) is 0 Å². The van der Waals surface area contributed by atoms with E-state index in [2.05, 4.69) is 65.5 Å². The zero-order chi connectivity index (χ0) is 15.6. The summed E-state index contributed by atoms with van der Waals surface area (Å²) in [5.74, 6) is 0. The summed E-state index contributed by atoms with van der Waals surface area (Å²) in [6, 6.07) is 9.63. The van der Waals surface area contributed by atoms with Crippen molar-refractivity contribution >= 4 is 10.9 Å². The predicted molar refractivity (Wildman–Crippen MR) is 92.6 cm³/mol. The number of pyridine rings is 1. The molecule has 3 nitrogen and oxygen atoms in total. The Kier molecular flexibility index (Phi) is 2.71. The highest BCUT2D eigenvalue weighted by molar-refractivity contribution is 5.86. The number of rotatable bonds is 1. The van der Waals surface area contributed by atoms with Crippen molar-refractivity contribution in [3.63, 3.8) is 0 Å². The third-order valence-corrected chi connectivity index (χ3v) is 5.75. The molecular weight excluding hydrogens is 282 g/mol. The quantitative estimate of drug-likeness (QED) is 0.744. The summed E-state index contributed by atoms with van der Waals surface area (Å²) in [4.78, 5) is 4.49. The molecule has 2 bridgehead atoms. The molecule has 2 aromatic heterocycles. The van der Waals surface area contributed by atoms with Crippen molar-refractivity contribution in [3.05, 3.63) is 64.6 Å². The predicted octanol–water partition coefficient (Wildman–Crippen LogP) is 3.62. The SMILES string of the molecule is CCc1cncc2c1C[C@@H]1N[C@H]2Cc2c1n(C)c1ccccc21. The van der Waals surface area contributed by atoms with Gasteiger partial charge in [0.25, 0.3) is 0 Å². The fraction of sp³-hybridized carbons (Fsp3) is 0.350. The topological polar surface area (TPSA) is 29.9 Å². The van der Waals surface area contributed by atoms with Gasteiger partial charge >= 0.3 is 0 Å². The van der Waals surface area contributed by atoms with Gasteiger partial charge in [0.15, 0.2) is 0 Å². The molecule has 0 spiro atoms. The second-order valence-corrected chi connectivity index (χ2v) is 6.84. The van der Waals surface area contributed by atoms with Crippen LogP contribution in [0.15, 0.2) is 36.7 Å². The normalized spacial score (nSPS) is 22.0. The van der Waals surface area contributed by atoms with Gasteiger partial charge in [0.1, 0.15) is 0 Å². The van der Waals surface area contributed by atoms with E-state index in [1.54, 1.807) is 0 Å². The summed E-state index contributed by atoms with van der Waals surface area (Å²) in [6.07, 6.45) is 7.35. The van der Waals surface area contributed by atoms with E-state index in [4.69, 9.17) is 0 Å². The second kappa shape index (κ2) is 4.68. The summed E-state index contributed by atoms with van der Waals surface area (Å²) in [6.45, 7) is 2.23. The van der Waals surface area contributed by atoms with E-state index in [0.717, 1.165) is 19.3 Å². The molecule has 0 saturated heterocycles. The largest absolute Gasteiger partial charge is 0.346 e. The molecule has 2 aliphatic rings. The van der Waals surface area contributed by atoms with Crippen LogP contribution in [-0.2, 0) is 26.3 Å². The van der Waals surface area contributed by atoms with Gasteiger partial charge in [0, 0.05) is 42.1 Å². The molecule has 2 atom stereocenters. The van der Waals surface area contributed by atoms with Crippen molar-refractivity contribution in [2.24, 2.45) is 7.05 Å². The van der Waals surface area contributed by atoms with Crippen LogP contribution >= 0.6 is 0 Å². The zero-order valence-electron chi connectivity index (χ0n) is 13.6. The molecular formula is C20H21N3. The van der Waals surface area contributed by atoms with Crippen LogP contribution in [0.3, 0.4) is 0 Å². The van der Waals surface area contributed by atoms with Gasteiger partial charge in [0.2, 0.25) is 0 Å². The number of benzene rings is 1. The molecule has 1 N–H and O–H groups in total. The first-order valence-electron chi connectivity index (χ1n) is 8.55. The maximum atomic E-state index is 4.49. The highest BCUT2D eigenvalue weighted by Gasteiger charge is 2.37. The molecule has 23 heavy (non-hydrogen) atoms. The number of aromatic nitrogens is 2. The maximum absolute atomic E-state index is 4.49. The van der Waals surface area contributed by atoms with Crippen molar-refractivity contribution in [2.45, 2.75) is 38.3 Å². The maximum Gasteiger partial charge on any atom is 0.0523 e. The Morgan fingerprint density at radius 1 is 1.13 bits per heavy atom. The standard InChI is InChI=1S/C20H21N3/c1-3-12-10-21-11-16-14(12)8-18-20-15(9-17(16)22-18)13-6-4-5-7-19(13)23(20)2/h4-7,10-11,17-18,22H,3,8-9H2,1-2H3/t17-,18-/m0/s1. The number of hydrogen-bond acceptors (Lipinski definition) is 2. The lowest BCUT2D eigenvalue weighted by molar-refractivity contribution is 0.367. The van der Waals surface area contributed by atoms with E-state index in [1.807, 2.05) is 0 Å². The number of nitrogens with one attached hydrogen (secondary N) is 1. The minimum Gasteiger partial charge on any atom is -0.346 e. The van der Waals surface area contributed by atoms with E-state index < -0.39 is 0 Å². The van der Waals surface area contributed by atoms with Crippen LogP contribution in [0.5, 0.6) is 0 Å². The van der Waals surface area contributed by atoms with Crippen molar-refractivity contribution in [1.29, 1.82) is 0 Å². The van der Waals surface area contributed by atoms with Crippen LogP contribution in [0.25, 0.3) is 10.9 Å². The van der Waals surface area contributed by atoms with Crippen LogP contribution in [-0.4, -0.2) is 9.55 Å². The van der Waals surface area contributed by atoms with Gasteiger partial charge in [-0.25, -0.2) is 0 Å². The Bertz CT molecular complexity index is 922. The third kappa shape index (κ3) is 1.71. The van der Waals surface area contributed by atoms with E-state index in [1.165, 1.54) is 38.9 Å². The molecule has 2 aliphatic heterocycles. The summed E-state index contributed by atoms with van der Waals surface area (Å²) in [5, 5.41) is 5.28. The van der Waals surface area contributed by atoms with E-state index >= 15 is 0 Å². The van der Waals surface area contributed by atoms with Crippen LogP contribution in [0, 0.1) is 0 Å². The fourth-order valence-corrected chi connectivity index (χ4v) is 4.70. The average molecular weight is 303 g/mol. The summed E-state index contributed by atoms with van der Waals surface area (Å²) in [5.41, 5.74) is 8.73. The molecule has 0 saturated carbocycles. The Morgan fingerprint density at radius 3 is 2.83 bits per heavy atom. The van der Waals surface area contributed by atoms with Gasteiger partial charge in [-0.05, 0) is 47.6 Å². The summed E-state index contributed by atoms with van der Waals surface area (Å²) >= 11 is 0. The number of nitrogens with zero attached hydrogens (tertiary/aromatic N) is 2. The van der Waals surface area contributed by atoms with Crippen LogP contribution < -0.4 is 5.32 Å². The number of fused-ring (bicyclic) bond motifs is 8. The Labute approximate surface area is 136 Å². The van der Waals surface area contributed by atoms with E-state index in [0.29, 0.717) is 12.1 Å². The molecule has 4 heterocycles. The Balaban J connectivity index is 1.74. The number of hydrogen-bond donors (Lipinski definition) is 1. The number of para-hydroxylation sites is 1. The van der Waals surface area contributed by atoms with Crippen molar-refractivity contribution in [1.82, 2.24) is 14.9 Å². The lowest BCUT2D eigenvalue weighted by atomic mass is 9.79. The molecule has 3 aromatic rings. The molecule has 0 fully saturated rings. The zero-order valence-corrected chi connectivity index (χ0v) is 13.6. The first-order chi connectivity index (χ1) is 11.3. The van der Waals surface area contributed by atoms with E-state index in [-0.39, 0.29) is 0 Å². The lowest BCUT2D eigenvalue weighted by Gasteiger charge is -2.39. The molecule has 116 valence electrons. The molecule has 5 rings (SSSR count). The van der Waals surface area contributed by atoms with Crippen LogP contribution in [0.4, 0.5) is 0 Å². The molecule has 0 radical (unpaired) electrons. The average Bonchev–Trinajstić information content (AvgIpc) is 2.88.